The van der Waals surface area contributed by atoms with Crippen LogP contribution in [0, 0.1) is 0 Å². The second-order valence-corrected chi connectivity index (χ2v) is 6.91. The Bertz CT molecular complexity index is 532. The molecule has 0 aromatic rings. The summed E-state index contributed by atoms with van der Waals surface area (Å²) in [7, 11) is 0. The zero-order chi connectivity index (χ0) is 21.1. The summed E-state index contributed by atoms with van der Waals surface area (Å²) in [6.45, 7) is 1.76. The predicted octanol–water partition coefficient (Wildman–Crippen LogP) is -3.00. The summed E-state index contributed by atoms with van der Waals surface area (Å²) >= 11 is 1.51. The van der Waals surface area contributed by atoms with Crippen LogP contribution in [0.2, 0.25) is 0 Å². The molecule has 27 heavy (non-hydrogen) atoms. The van der Waals surface area contributed by atoms with E-state index in [1.807, 2.05) is 11.6 Å². The van der Waals surface area contributed by atoms with Gasteiger partial charge in [-0.1, -0.05) is 0 Å². The van der Waals surface area contributed by atoms with Gasteiger partial charge in [0.2, 0.25) is 17.7 Å². The van der Waals surface area contributed by atoms with Gasteiger partial charge in [0.1, 0.15) is 18.1 Å². The maximum Gasteiger partial charge on any atom is 0.328 e. The van der Waals surface area contributed by atoms with Gasteiger partial charge >= 0.3 is 5.97 Å². The smallest absolute Gasteiger partial charge is 0.328 e. The molecular formula is C15H28N4O7S. The van der Waals surface area contributed by atoms with Crippen LogP contribution in [0.15, 0.2) is 0 Å². The summed E-state index contributed by atoms with van der Waals surface area (Å²) in [6.07, 6.45) is 0.980. The van der Waals surface area contributed by atoms with E-state index < -0.39 is 60.6 Å². The Hall–Kier alpha value is -1.89. The van der Waals surface area contributed by atoms with E-state index in [0.717, 1.165) is 0 Å². The monoisotopic (exact) mass is 408 g/mol. The number of rotatable bonds is 12. The van der Waals surface area contributed by atoms with Crippen LogP contribution in [0.4, 0.5) is 0 Å². The Morgan fingerprint density at radius 3 is 2.07 bits per heavy atom. The minimum absolute atomic E-state index is 0.387. The highest BCUT2D eigenvalue weighted by Crippen LogP contribution is 2.01. The highest BCUT2D eigenvalue weighted by Gasteiger charge is 2.30. The van der Waals surface area contributed by atoms with Crippen molar-refractivity contribution in [2.24, 2.45) is 5.73 Å². The normalized spacial score (nSPS) is 16.4. The molecule has 5 unspecified atom stereocenters. The lowest BCUT2D eigenvalue weighted by atomic mass is 10.1. The first-order chi connectivity index (χ1) is 12.5. The molecule has 0 fully saturated rings. The van der Waals surface area contributed by atoms with Crippen molar-refractivity contribution in [1.82, 2.24) is 16.0 Å². The molecule has 12 heteroatoms. The van der Waals surface area contributed by atoms with Crippen molar-refractivity contribution in [2.45, 2.75) is 50.5 Å². The number of aliphatic hydroxyl groups excluding tert-OH is 2. The van der Waals surface area contributed by atoms with Gasteiger partial charge < -0.3 is 37.0 Å². The number of carboxylic acid groups (broad SMARTS) is 1. The quantitative estimate of drug-likeness (QED) is 0.176. The number of carboxylic acids is 1. The Kier molecular flexibility index (Phi) is 11.6. The van der Waals surface area contributed by atoms with Crippen molar-refractivity contribution < 1.29 is 34.5 Å². The van der Waals surface area contributed by atoms with Crippen molar-refractivity contribution in [2.75, 3.05) is 18.6 Å². The minimum atomic E-state index is -1.52. The third-order valence-electron chi connectivity index (χ3n) is 3.58. The van der Waals surface area contributed by atoms with Crippen molar-refractivity contribution >= 4 is 35.5 Å². The van der Waals surface area contributed by atoms with Crippen LogP contribution < -0.4 is 21.7 Å². The fourth-order valence-electron chi connectivity index (χ4n) is 1.89. The highest BCUT2D eigenvalue weighted by atomic mass is 32.2. The topological polar surface area (TPSA) is 191 Å². The molecule has 156 valence electrons. The van der Waals surface area contributed by atoms with E-state index in [4.69, 9.17) is 15.9 Å². The van der Waals surface area contributed by atoms with Gasteiger partial charge in [-0.3, -0.25) is 14.4 Å². The molecule has 0 aliphatic heterocycles. The molecule has 11 nitrogen and oxygen atoms in total. The lowest BCUT2D eigenvalue weighted by Gasteiger charge is -2.24. The number of carbonyl (C=O) groups is 4. The molecule has 0 aromatic heterocycles. The molecule has 0 spiro atoms. The number of thioether (sulfide) groups is 1. The number of aliphatic carboxylic acids is 1. The average molecular weight is 408 g/mol. The summed E-state index contributed by atoms with van der Waals surface area (Å²) in [5, 5.41) is 34.1. The van der Waals surface area contributed by atoms with Crippen molar-refractivity contribution in [3.8, 4) is 0 Å². The molecule has 0 radical (unpaired) electrons. The van der Waals surface area contributed by atoms with Gasteiger partial charge in [0, 0.05) is 0 Å². The molecule has 0 saturated heterocycles. The largest absolute Gasteiger partial charge is 0.480 e. The second kappa shape index (κ2) is 12.5. The molecule has 0 aliphatic carbocycles. The molecule has 0 aromatic carbocycles. The van der Waals surface area contributed by atoms with E-state index in [1.165, 1.54) is 25.6 Å². The van der Waals surface area contributed by atoms with Gasteiger partial charge in [-0.25, -0.2) is 4.79 Å². The molecule has 0 rings (SSSR count). The van der Waals surface area contributed by atoms with E-state index in [1.54, 1.807) is 0 Å². The van der Waals surface area contributed by atoms with Crippen LogP contribution in [-0.4, -0.2) is 87.9 Å². The van der Waals surface area contributed by atoms with Gasteiger partial charge in [-0.15, -0.1) is 0 Å². The third-order valence-corrected chi connectivity index (χ3v) is 4.23. The lowest BCUT2D eigenvalue weighted by Crippen LogP contribution is -2.59. The van der Waals surface area contributed by atoms with Gasteiger partial charge in [-0.05, 0) is 32.3 Å². The maximum atomic E-state index is 12.3. The number of amides is 3. The summed E-state index contributed by atoms with van der Waals surface area (Å²) in [5.74, 6) is -3.09. The van der Waals surface area contributed by atoms with Crippen molar-refractivity contribution in [1.29, 1.82) is 0 Å². The highest BCUT2D eigenvalue weighted by molar-refractivity contribution is 7.98. The van der Waals surface area contributed by atoms with Gasteiger partial charge in [0.25, 0.3) is 0 Å². The van der Waals surface area contributed by atoms with Crippen LogP contribution in [0.25, 0.3) is 0 Å². The number of hydrogen-bond donors (Lipinski definition) is 7. The third kappa shape index (κ3) is 9.04. The van der Waals surface area contributed by atoms with Crippen molar-refractivity contribution in [3.63, 3.8) is 0 Å². The summed E-state index contributed by atoms with van der Waals surface area (Å²) < 4.78 is 0. The maximum absolute atomic E-state index is 12.3. The molecule has 0 aliphatic rings. The lowest BCUT2D eigenvalue weighted by molar-refractivity contribution is -0.143. The first-order valence-corrected chi connectivity index (χ1v) is 9.61. The fraction of sp³-hybridized carbons (Fsp3) is 0.733. The van der Waals surface area contributed by atoms with E-state index in [2.05, 4.69) is 10.6 Å². The first-order valence-electron chi connectivity index (χ1n) is 8.22. The SMILES string of the molecule is CSCCC(N)C(=O)NC(C(=O)NC(C)C(=O)NC(CO)C(=O)O)C(C)O. The second-order valence-electron chi connectivity index (χ2n) is 5.93. The fourth-order valence-corrected chi connectivity index (χ4v) is 2.38. The van der Waals surface area contributed by atoms with Gasteiger partial charge in [-0.2, -0.15) is 11.8 Å². The van der Waals surface area contributed by atoms with E-state index in [9.17, 15) is 24.3 Å². The molecule has 3 amide bonds. The summed E-state index contributed by atoms with van der Waals surface area (Å²) in [6, 6.07) is -4.89. The Morgan fingerprint density at radius 2 is 1.63 bits per heavy atom. The molecule has 0 saturated carbocycles. The molecular weight excluding hydrogens is 380 g/mol. The van der Waals surface area contributed by atoms with Crippen LogP contribution in [0.3, 0.4) is 0 Å². The molecule has 5 atom stereocenters. The van der Waals surface area contributed by atoms with E-state index >= 15 is 0 Å². The number of carbonyl (C=O) groups excluding carboxylic acids is 3. The van der Waals surface area contributed by atoms with Crippen molar-refractivity contribution in [3.05, 3.63) is 0 Å². The number of nitrogens with one attached hydrogen (secondary N) is 3. The van der Waals surface area contributed by atoms with Gasteiger partial charge in [0.15, 0.2) is 0 Å². The van der Waals surface area contributed by atoms with E-state index in [0.29, 0.717) is 12.2 Å². The average Bonchev–Trinajstić information content (AvgIpc) is 2.60. The van der Waals surface area contributed by atoms with Crippen LogP contribution in [0.1, 0.15) is 20.3 Å². The Morgan fingerprint density at radius 1 is 1.04 bits per heavy atom. The predicted molar refractivity (Wildman–Crippen MR) is 98.8 cm³/mol. The molecule has 8 N–H and O–H groups in total. The zero-order valence-corrected chi connectivity index (χ0v) is 16.3. The standard InChI is InChI=1S/C15H28N4O7S/c1-7(12(22)18-10(6-20)15(25)26)17-14(24)11(8(2)21)19-13(23)9(16)4-5-27-3/h7-11,20-21H,4-6,16H2,1-3H3,(H,17,24)(H,18,22)(H,19,23)(H,25,26). The summed E-state index contributed by atoms with van der Waals surface area (Å²) in [4.78, 5) is 47.1. The summed E-state index contributed by atoms with van der Waals surface area (Å²) in [5.41, 5.74) is 5.72. The van der Waals surface area contributed by atoms with Crippen LogP contribution in [0.5, 0.6) is 0 Å². The number of aliphatic hydroxyl groups is 2. The first kappa shape index (κ1) is 25.1. The molecule has 0 bridgehead atoms. The minimum Gasteiger partial charge on any atom is -0.480 e. The van der Waals surface area contributed by atoms with Crippen LogP contribution in [-0.2, 0) is 19.2 Å². The van der Waals surface area contributed by atoms with E-state index in [-0.39, 0.29) is 0 Å². The Balaban J connectivity index is 4.85. The zero-order valence-electron chi connectivity index (χ0n) is 15.5. The molecule has 0 heterocycles. The number of hydrogen-bond acceptors (Lipinski definition) is 8. The van der Waals surface area contributed by atoms with Gasteiger partial charge in [0.05, 0.1) is 18.8 Å². The van der Waals surface area contributed by atoms with Crippen LogP contribution >= 0.6 is 11.8 Å². The number of nitrogens with two attached hydrogens (primary N) is 1. The Labute approximate surface area is 161 Å².